The summed E-state index contributed by atoms with van der Waals surface area (Å²) in [4.78, 5) is 0. The van der Waals surface area contributed by atoms with E-state index in [1.807, 2.05) is 0 Å². The molecule has 0 aromatic carbocycles. The lowest BCUT2D eigenvalue weighted by atomic mass is 10.8. The minimum atomic E-state index is -0.534. The van der Waals surface area contributed by atoms with Gasteiger partial charge in [0.2, 0.25) is 0 Å². The van der Waals surface area contributed by atoms with Crippen LogP contribution in [0.15, 0.2) is 0 Å². The molecule has 0 amide bonds. The summed E-state index contributed by atoms with van der Waals surface area (Å²) < 4.78 is 11.5. The Kier molecular flexibility index (Phi) is 1.19. The fourth-order valence-electron chi connectivity index (χ4n) is 0.289. The molecule has 6 heavy (non-hydrogen) atoms. The van der Waals surface area contributed by atoms with Crippen molar-refractivity contribution in [2.75, 3.05) is 12.3 Å². The van der Waals surface area contributed by atoms with Crippen LogP contribution in [0, 0.1) is 4.78 Å². The molecular formula is C2H6N2OS. The maximum atomic E-state index is 6.88. The topological polar surface area (TPSA) is 45.1 Å². The molecule has 36 valence electrons. The van der Waals surface area contributed by atoms with Crippen LogP contribution in [0.4, 0.5) is 0 Å². The molecular weight excluding hydrogens is 100 g/mol. The Morgan fingerprint density at radius 3 is 2.83 bits per heavy atom. The van der Waals surface area contributed by atoms with E-state index in [1.54, 1.807) is 0 Å². The van der Waals surface area contributed by atoms with Crippen molar-refractivity contribution in [1.29, 1.82) is 4.78 Å². The smallest absolute Gasteiger partial charge is 0.0496 e. The van der Waals surface area contributed by atoms with Gasteiger partial charge in [-0.15, -0.1) is 0 Å². The molecule has 0 radical (unpaired) electrons. The van der Waals surface area contributed by atoms with E-state index in [2.05, 4.69) is 9.76 Å². The lowest BCUT2D eigenvalue weighted by Gasteiger charge is -1.83. The first-order chi connectivity index (χ1) is 2.89. The van der Waals surface area contributed by atoms with Gasteiger partial charge in [0.15, 0.2) is 0 Å². The first-order valence-corrected chi connectivity index (χ1v) is 3.04. The van der Waals surface area contributed by atoms with Crippen LogP contribution in [0.3, 0.4) is 0 Å². The van der Waals surface area contributed by atoms with E-state index in [9.17, 15) is 0 Å². The molecule has 0 saturated carbocycles. The molecule has 1 unspecified atom stereocenters. The maximum absolute atomic E-state index is 6.88. The highest BCUT2D eigenvalue weighted by Crippen LogP contribution is 1.88. The van der Waals surface area contributed by atoms with E-state index < -0.39 is 11.0 Å². The number of nitrogens with one attached hydrogen (secondary N) is 2. The summed E-state index contributed by atoms with van der Waals surface area (Å²) in [5, 5.41) is 0. The molecule has 4 heteroatoms. The predicted octanol–water partition coefficient (Wildman–Crippen LogP) is -0.183. The summed E-state index contributed by atoms with van der Waals surface area (Å²) in [7, 11) is -0.534. The van der Waals surface area contributed by atoms with Gasteiger partial charge in [-0.1, -0.05) is 0 Å². The zero-order chi connectivity index (χ0) is 4.41. The van der Waals surface area contributed by atoms with Crippen LogP contribution in [0.25, 0.3) is 0 Å². The van der Waals surface area contributed by atoms with Crippen LogP contribution >= 0.6 is 0 Å². The van der Waals surface area contributed by atoms with E-state index in [0.717, 1.165) is 12.3 Å². The molecule has 1 atom stereocenters. The zero-order valence-electron chi connectivity index (χ0n) is 3.23. The van der Waals surface area contributed by atoms with Gasteiger partial charge in [0.05, 0.1) is 0 Å². The number of hydrogen-bond donors (Lipinski definition) is 2. The Bertz CT molecular complexity index is 65.9. The van der Waals surface area contributed by atoms with Gasteiger partial charge in [0, 0.05) is 23.3 Å². The maximum Gasteiger partial charge on any atom is 0.0496 e. The number of hydrogen-bond acceptors (Lipinski definition) is 3. The Morgan fingerprint density at radius 2 is 2.67 bits per heavy atom. The average molecular weight is 106 g/mol. The Hall–Kier alpha value is 0.0700. The molecule has 0 spiro atoms. The van der Waals surface area contributed by atoms with Crippen molar-refractivity contribution in [1.82, 2.24) is 5.48 Å². The first-order valence-electron chi connectivity index (χ1n) is 1.72. The summed E-state index contributed by atoms with van der Waals surface area (Å²) in [6.45, 7) is 0.840. The Labute approximate surface area is 38.7 Å². The highest BCUT2D eigenvalue weighted by atomic mass is 32.2. The quantitative estimate of drug-likeness (QED) is 0.450. The van der Waals surface area contributed by atoms with Crippen molar-refractivity contribution in [3.63, 3.8) is 0 Å². The third-order valence-electron chi connectivity index (χ3n) is 0.549. The zero-order valence-corrected chi connectivity index (χ0v) is 4.05. The molecule has 3 nitrogen and oxygen atoms in total. The standard InChI is InChI=1S/C2H6N2OS/c3-6-2-1-4-5-6/h3-4H,1-2H2. The van der Waals surface area contributed by atoms with Gasteiger partial charge < -0.3 is 0 Å². The van der Waals surface area contributed by atoms with Crippen molar-refractivity contribution in [3.8, 4) is 0 Å². The van der Waals surface area contributed by atoms with Crippen molar-refractivity contribution in [2.24, 2.45) is 0 Å². The monoisotopic (exact) mass is 106 g/mol. The summed E-state index contributed by atoms with van der Waals surface area (Å²) in [6.07, 6.45) is 0. The summed E-state index contributed by atoms with van der Waals surface area (Å²) >= 11 is 0. The van der Waals surface area contributed by atoms with Crippen LogP contribution in [0.2, 0.25) is 0 Å². The minimum absolute atomic E-state index is 0.534. The van der Waals surface area contributed by atoms with E-state index in [-0.39, 0.29) is 0 Å². The van der Waals surface area contributed by atoms with E-state index >= 15 is 0 Å². The second-order valence-corrected chi connectivity index (χ2v) is 2.29. The predicted molar refractivity (Wildman–Crippen MR) is 24.0 cm³/mol. The molecule has 0 bridgehead atoms. The lowest BCUT2D eigenvalue weighted by Crippen LogP contribution is -2.02. The van der Waals surface area contributed by atoms with Crippen LogP contribution in [-0.2, 0) is 15.3 Å². The van der Waals surface area contributed by atoms with Gasteiger partial charge in [0.25, 0.3) is 0 Å². The normalized spacial score (nSPS) is 34.3. The number of rotatable bonds is 0. The van der Waals surface area contributed by atoms with Crippen LogP contribution in [0.1, 0.15) is 0 Å². The molecule has 0 aromatic rings. The fraction of sp³-hybridized carbons (Fsp3) is 1.00. The molecule has 1 rings (SSSR count). The molecule has 0 aromatic heterocycles. The van der Waals surface area contributed by atoms with Crippen LogP contribution < -0.4 is 5.48 Å². The van der Waals surface area contributed by atoms with Crippen molar-refractivity contribution >= 4 is 11.0 Å². The molecule has 1 saturated heterocycles. The average Bonchev–Trinajstić information content (AvgIpc) is 1.86. The molecule has 1 aliphatic heterocycles. The first kappa shape index (κ1) is 4.23. The molecule has 1 heterocycles. The molecule has 1 aliphatic rings. The van der Waals surface area contributed by atoms with Gasteiger partial charge in [-0.25, -0.2) is 4.28 Å². The van der Waals surface area contributed by atoms with Gasteiger partial charge in [-0.05, 0) is 0 Å². The second-order valence-electron chi connectivity index (χ2n) is 1.03. The van der Waals surface area contributed by atoms with Gasteiger partial charge in [-0.2, -0.15) is 5.48 Å². The number of hydroxylamine groups is 1. The summed E-state index contributed by atoms with van der Waals surface area (Å²) in [5.41, 5.74) is 2.60. The van der Waals surface area contributed by atoms with E-state index in [1.165, 1.54) is 0 Å². The van der Waals surface area contributed by atoms with Gasteiger partial charge in [0.1, 0.15) is 0 Å². The highest BCUT2D eigenvalue weighted by molar-refractivity contribution is 7.81. The lowest BCUT2D eigenvalue weighted by molar-refractivity contribution is 0.266. The fourth-order valence-corrected chi connectivity index (χ4v) is 0.866. The molecule has 2 N–H and O–H groups in total. The van der Waals surface area contributed by atoms with Gasteiger partial charge >= 0.3 is 0 Å². The van der Waals surface area contributed by atoms with Crippen molar-refractivity contribution in [3.05, 3.63) is 0 Å². The Balaban J connectivity index is 2.37. The minimum Gasteiger partial charge on any atom is -0.254 e. The highest BCUT2D eigenvalue weighted by Gasteiger charge is 2.01. The van der Waals surface area contributed by atoms with Crippen LogP contribution in [-0.4, -0.2) is 12.3 Å². The van der Waals surface area contributed by atoms with E-state index in [4.69, 9.17) is 4.78 Å². The molecule has 1 fully saturated rings. The van der Waals surface area contributed by atoms with Crippen molar-refractivity contribution in [2.45, 2.75) is 0 Å². The largest absolute Gasteiger partial charge is 0.254 e. The molecule has 0 aliphatic carbocycles. The SMILES string of the molecule is N=S1CCNO1. The Morgan fingerprint density at radius 1 is 1.83 bits per heavy atom. The third-order valence-corrected chi connectivity index (χ3v) is 1.44. The third kappa shape index (κ3) is 0.767. The van der Waals surface area contributed by atoms with Crippen LogP contribution in [0.5, 0.6) is 0 Å². The summed E-state index contributed by atoms with van der Waals surface area (Å²) in [5.74, 6) is 0.847. The second kappa shape index (κ2) is 1.68. The van der Waals surface area contributed by atoms with Gasteiger partial charge in [-0.3, -0.25) is 4.78 Å². The van der Waals surface area contributed by atoms with E-state index in [0.29, 0.717) is 0 Å². The summed E-state index contributed by atoms with van der Waals surface area (Å²) in [6, 6.07) is 0. The van der Waals surface area contributed by atoms with Crippen molar-refractivity contribution < 1.29 is 4.28 Å².